The fourth-order valence-corrected chi connectivity index (χ4v) is 3.21. The van der Waals surface area contributed by atoms with Crippen LogP contribution in [0.4, 0.5) is 23.2 Å². The van der Waals surface area contributed by atoms with Crippen LogP contribution in [0.15, 0.2) is 24.3 Å². The second-order valence-electron chi connectivity index (χ2n) is 5.80. The monoisotopic (exact) mass is 304 g/mol. The molecule has 0 saturated heterocycles. The summed E-state index contributed by atoms with van der Waals surface area (Å²) in [5.41, 5.74) is 5.60. The molecule has 2 atom stereocenters. The maximum Gasteiger partial charge on any atom is 0.391 e. The van der Waals surface area contributed by atoms with Crippen LogP contribution in [0.1, 0.15) is 25.7 Å². The van der Waals surface area contributed by atoms with Crippen LogP contribution in [-0.2, 0) is 0 Å². The van der Waals surface area contributed by atoms with E-state index in [-0.39, 0.29) is 19.4 Å². The van der Waals surface area contributed by atoms with E-state index in [1.54, 1.807) is 24.1 Å². The van der Waals surface area contributed by atoms with Gasteiger partial charge in [0.05, 0.1) is 11.5 Å². The zero-order chi connectivity index (χ0) is 15.7. The van der Waals surface area contributed by atoms with Gasteiger partial charge in [0.1, 0.15) is 5.82 Å². The van der Waals surface area contributed by atoms with E-state index in [1.165, 1.54) is 12.1 Å². The van der Waals surface area contributed by atoms with Crippen LogP contribution in [0.5, 0.6) is 0 Å². The summed E-state index contributed by atoms with van der Waals surface area (Å²) in [6.07, 6.45) is -3.05. The summed E-state index contributed by atoms with van der Waals surface area (Å²) in [6, 6.07) is 5.88. The first kappa shape index (κ1) is 16.1. The molecule has 2 rings (SSSR count). The number of likely N-dealkylation sites (N-methyl/N-ethyl adjacent to an activating group) is 1. The Hall–Kier alpha value is -1.30. The predicted octanol–water partition coefficient (Wildman–Crippen LogP) is 3.71. The summed E-state index contributed by atoms with van der Waals surface area (Å²) in [6.45, 7) is 0.118. The smallest absolute Gasteiger partial charge is 0.368 e. The number of anilines is 1. The van der Waals surface area contributed by atoms with Gasteiger partial charge in [-0.1, -0.05) is 12.5 Å². The van der Waals surface area contributed by atoms with E-state index >= 15 is 0 Å². The van der Waals surface area contributed by atoms with Crippen molar-refractivity contribution in [1.29, 1.82) is 0 Å². The molecule has 118 valence electrons. The molecule has 2 N–H and O–H groups in total. The fourth-order valence-electron chi connectivity index (χ4n) is 3.21. The maximum atomic E-state index is 13.4. The van der Waals surface area contributed by atoms with Gasteiger partial charge in [0.25, 0.3) is 0 Å². The van der Waals surface area contributed by atoms with Gasteiger partial charge in [0.2, 0.25) is 0 Å². The minimum Gasteiger partial charge on any atom is -0.368 e. The Morgan fingerprint density at radius 3 is 2.67 bits per heavy atom. The Morgan fingerprint density at radius 1 is 1.38 bits per heavy atom. The molecule has 0 radical (unpaired) electrons. The minimum atomic E-state index is -4.20. The van der Waals surface area contributed by atoms with Gasteiger partial charge >= 0.3 is 6.18 Å². The number of benzene rings is 1. The van der Waals surface area contributed by atoms with Gasteiger partial charge in [-0.25, -0.2) is 4.39 Å². The van der Waals surface area contributed by atoms with Crippen molar-refractivity contribution >= 4 is 5.69 Å². The SMILES string of the molecule is CN(c1cccc(F)c1)C1(CN)CCCC(C(F)(F)F)C1. The van der Waals surface area contributed by atoms with Gasteiger partial charge in [0.15, 0.2) is 0 Å². The summed E-state index contributed by atoms with van der Waals surface area (Å²) in [5, 5.41) is 0. The lowest BCUT2D eigenvalue weighted by atomic mass is 9.74. The molecule has 21 heavy (non-hydrogen) atoms. The van der Waals surface area contributed by atoms with Crippen LogP contribution in [-0.4, -0.2) is 25.3 Å². The number of halogens is 4. The van der Waals surface area contributed by atoms with Crippen molar-refractivity contribution in [2.75, 3.05) is 18.5 Å². The number of nitrogens with two attached hydrogens (primary N) is 1. The molecule has 0 bridgehead atoms. The molecule has 2 nitrogen and oxygen atoms in total. The molecular formula is C15H20F4N2. The lowest BCUT2D eigenvalue weighted by Crippen LogP contribution is -2.56. The quantitative estimate of drug-likeness (QED) is 0.863. The number of alkyl halides is 3. The molecule has 6 heteroatoms. The molecule has 1 aromatic carbocycles. The first-order valence-electron chi connectivity index (χ1n) is 7.05. The topological polar surface area (TPSA) is 29.3 Å². The summed E-state index contributed by atoms with van der Waals surface area (Å²) >= 11 is 0. The van der Waals surface area contributed by atoms with E-state index in [9.17, 15) is 17.6 Å². The number of hydrogen-bond donors (Lipinski definition) is 1. The van der Waals surface area contributed by atoms with Crippen molar-refractivity contribution in [3.8, 4) is 0 Å². The van der Waals surface area contributed by atoms with E-state index in [0.29, 0.717) is 18.5 Å². The Bertz CT molecular complexity index is 489. The number of nitrogens with zero attached hydrogens (tertiary/aromatic N) is 1. The lowest BCUT2D eigenvalue weighted by Gasteiger charge is -2.48. The zero-order valence-electron chi connectivity index (χ0n) is 12.0. The highest BCUT2D eigenvalue weighted by atomic mass is 19.4. The summed E-state index contributed by atoms with van der Waals surface area (Å²) in [7, 11) is 1.69. The molecule has 0 aromatic heterocycles. The third kappa shape index (κ3) is 3.31. The molecule has 1 saturated carbocycles. The third-order valence-electron chi connectivity index (χ3n) is 4.57. The van der Waals surface area contributed by atoms with Crippen LogP contribution >= 0.6 is 0 Å². The summed E-state index contributed by atoms with van der Waals surface area (Å²) < 4.78 is 52.4. The molecule has 0 spiro atoms. The molecule has 1 aliphatic carbocycles. The van der Waals surface area contributed by atoms with Crippen LogP contribution in [0.3, 0.4) is 0 Å². The zero-order valence-corrected chi connectivity index (χ0v) is 12.0. The highest BCUT2D eigenvalue weighted by Crippen LogP contribution is 2.44. The fraction of sp³-hybridized carbons (Fsp3) is 0.600. The molecule has 2 unspecified atom stereocenters. The van der Waals surface area contributed by atoms with Gasteiger partial charge < -0.3 is 10.6 Å². The van der Waals surface area contributed by atoms with E-state index in [0.717, 1.165) is 0 Å². The van der Waals surface area contributed by atoms with E-state index in [4.69, 9.17) is 5.73 Å². The van der Waals surface area contributed by atoms with Crippen molar-refractivity contribution in [3.63, 3.8) is 0 Å². The molecule has 1 fully saturated rings. The van der Waals surface area contributed by atoms with Crippen molar-refractivity contribution in [2.45, 2.75) is 37.4 Å². The minimum absolute atomic E-state index is 0.0417. The van der Waals surface area contributed by atoms with Crippen molar-refractivity contribution in [3.05, 3.63) is 30.1 Å². The Kier molecular flexibility index (Phi) is 4.46. The van der Waals surface area contributed by atoms with Gasteiger partial charge in [0, 0.05) is 19.3 Å². The van der Waals surface area contributed by atoms with Gasteiger partial charge in [-0.3, -0.25) is 0 Å². The highest BCUT2D eigenvalue weighted by molar-refractivity contribution is 5.49. The molecule has 0 heterocycles. The van der Waals surface area contributed by atoms with Crippen LogP contribution in [0.2, 0.25) is 0 Å². The Morgan fingerprint density at radius 2 is 2.10 bits per heavy atom. The van der Waals surface area contributed by atoms with Crippen molar-refractivity contribution in [2.24, 2.45) is 11.7 Å². The maximum absolute atomic E-state index is 13.4. The normalized spacial score (nSPS) is 26.7. The average molecular weight is 304 g/mol. The van der Waals surface area contributed by atoms with Gasteiger partial charge in [-0.05, 0) is 37.5 Å². The molecule has 0 aliphatic heterocycles. The first-order valence-corrected chi connectivity index (χ1v) is 7.05. The van der Waals surface area contributed by atoms with Gasteiger partial charge in [-0.2, -0.15) is 13.2 Å². The van der Waals surface area contributed by atoms with Crippen molar-refractivity contribution in [1.82, 2.24) is 0 Å². The Labute approximate surface area is 121 Å². The number of hydrogen-bond acceptors (Lipinski definition) is 2. The molecule has 0 amide bonds. The van der Waals surface area contributed by atoms with Gasteiger partial charge in [-0.15, -0.1) is 0 Å². The Balaban J connectivity index is 2.28. The second kappa shape index (κ2) is 5.83. The lowest BCUT2D eigenvalue weighted by molar-refractivity contribution is -0.186. The summed E-state index contributed by atoms with van der Waals surface area (Å²) in [5.74, 6) is -1.75. The number of rotatable bonds is 3. The van der Waals surface area contributed by atoms with E-state index < -0.39 is 23.5 Å². The van der Waals surface area contributed by atoms with Crippen LogP contribution in [0.25, 0.3) is 0 Å². The third-order valence-corrected chi connectivity index (χ3v) is 4.57. The predicted molar refractivity (Wildman–Crippen MR) is 74.6 cm³/mol. The molecule has 1 aromatic rings. The second-order valence-corrected chi connectivity index (χ2v) is 5.80. The van der Waals surface area contributed by atoms with E-state index in [2.05, 4.69) is 0 Å². The van der Waals surface area contributed by atoms with E-state index in [1.807, 2.05) is 0 Å². The highest BCUT2D eigenvalue weighted by Gasteiger charge is 2.48. The first-order chi connectivity index (χ1) is 9.78. The van der Waals surface area contributed by atoms with Crippen LogP contribution < -0.4 is 10.6 Å². The molecule has 1 aliphatic rings. The van der Waals surface area contributed by atoms with Crippen LogP contribution in [0, 0.1) is 11.7 Å². The largest absolute Gasteiger partial charge is 0.391 e. The molecular weight excluding hydrogens is 284 g/mol. The van der Waals surface area contributed by atoms with Crippen molar-refractivity contribution < 1.29 is 17.6 Å². The average Bonchev–Trinajstić information content (AvgIpc) is 2.45. The standard InChI is InChI=1S/C15H20F4N2/c1-21(13-6-2-5-12(16)8-13)14(10-20)7-3-4-11(9-14)15(17,18)19/h2,5-6,8,11H,3-4,7,9-10,20H2,1H3. The summed E-state index contributed by atoms with van der Waals surface area (Å²) in [4.78, 5) is 1.72.